The summed E-state index contributed by atoms with van der Waals surface area (Å²) < 4.78 is 0.858. The number of hydrogen-bond donors (Lipinski definition) is 1. The Kier molecular flexibility index (Phi) is 7.28. The summed E-state index contributed by atoms with van der Waals surface area (Å²) >= 11 is 3.36. The van der Waals surface area contributed by atoms with Crippen molar-refractivity contribution in [3.63, 3.8) is 0 Å². The predicted octanol–water partition coefficient (Wildman–Crippen LogP) is 3.42. The SMILES string of the molecule is CC(C)CC(CNCc1cc(Br)ccc1[N+](=O)[O-])N(C)C. The van der Waals surface area contributed by atoms with Gasteiger partial charge in [0.25, 0.3) is 5.69 Å². The molecule has 1 unspecified atom stereocenters. The first kappa shape index (κ1) is 18.1. The summed E-state index contributed by atoms with van der Waals surface area (Å²) in [5, 5.41) is 14.4. The first-order chi connectivity index (χ1) is 9.81. The van der Waals surface area contributed by atoms with Gasteiger partial charge in [0.15, 0.2) is 0 Å². The molecule has 0 heterocycles. The summed E-state index contributed by atoms with van der Waals surface area (Å²) in [6.45, 7) is 5.72. The molecule has 1 aromatic rings. The van der Waals surface area contributed by atoms with Crippen molar-refractivity contribution in [1.82, 2.24) is 10.2 Å². The van der Waals surface area contributed by atoms with Crippen LogP contribution in [0.25, 0.3) is 0 Å². The predicted molar refractivity (Wildman–Crippen MR) is 89.4 cm³/mol. The van der Waals surface area contributed by atoms with Crippen LogP contribution in [0.4, 0.5) is 5.69 Å². The van der Waals surface area contributed by atoms with E-state index in [1.165, 1.54) is 0 Å². The maximum absolute atomic E-state index is 11.0. The zero-order chi connectivity index (χ0) is 16.0. The Balaban J connectivity index is 2.66. The number of rotatable bonds is 8. The van der Waals surface area contributed by atoms with E-state index in [4.69, 9.17) is 0 Å². The number of benzene rings is 1. The largest absolute Gasteiger partial charge is 0.311 e. The Morgan fingerprint density at radius 2 is 2.05 bits per heavy atom. The lowest BCUT2D eigenvalue weighted by atomic mass is 10.0. The number of nitrogens with zero attached hydrogens (tertiary/aromatic N) is 2. The second-order valence-electron chi connectivity index (χ2n) is 5.91. The Hall–Kier alpha value is -0.980. The highest BCUT2D eigenvalue weighted by atomic mass is 79.9. The van der Waals surface area contributed by atoms with Crippen LogP contribution < -0.4 is 5.32 Å². The molecular formula is C15H24BrN3O2. The standard InChI is InChI=1S/C15H24BrN3O2/c1-11(2)7-14(18(3)4)10-17-9-12-8-13(16)5-6-15(12)19(20)21/h5-6,8,11,14,17H,7,9-10H2,1-4H3. The molecule has 6 heteroatoms. The normalized spacial score (nSPS) is 12.9. The zero-order valence-corrected chi connectivity index (χ0v) is 14.7. The maximum atomic E-state index is 11.0. The van der Waals surface area contributed by atoms with Gasteiger partial charge in [-0.2, -0.15) is 0 Å². The van der Waals surface area contributed by atoms with E-state index in [0.29, 0.717) is 24.1 Å². The van der Waals surface area contributed by atoms with Crippen molar-refractivity contribution in [3.05, 3.63) is 38.3 Å². The van der Waals surface area contributed by atoms with Crippen LogP contribution >= 0.6 is 15.9 Å². The van der Waals surface area contributed by atoms with Gasteiger partial charge in [0.1, 0.15) is 0 Å². The molecule has 0 bridgehead atoms. The van der Waals surface area contributed by atoms with Crippen LogP contribution in [0.2, 0.25) is 0 Å². The Morgan fingerprint density at radius 3 is 2.57 bits per heavy atom. The maximum Gasteiger partial charge on any atom is 0.273 e. The van der Waals surface area contributed by atoms with Gasteiger partial charge in [0.05, 0.1) is 4.92 Å². The number of nitrogens with one attached hydrogen (secondary N) is 1. The summed E-state index contributed by atoms with van der Waals surface area (Å²) in [4.78, 5) is 12.9. The van der Waals surface area contributed by atoms with E-state index in [0.717, 1.165) is 17.4 Å². The van der Waals surface area contributed by atoms with Crippen molar-refractivity contribution in [2.24, 2.45) is 5.92 Å². The minimum Gasteiger partial charge on any atom is -0.311 e. The molecule has 0 aliphatic carbocycles. The second-order valence-corrected chi connectivity index (χ2v) is 6.82. The van der Waals surface area contributed by atoms with E-state index >= 15 is 0 Å². The third-order valence-corrected chi connectivity index (χ3v) is 3.90. The van der Waals surface area contributed by atoms with Crippen LogP contribution in [0, 0.1) is 16.0 Å². The van der Waals surface area contributed by atoms with Gasteiger partial charge in [-0.05, 0) is 38.6 Å². The van der Waals surface area contributed by atoms with Crippen molar-refractivity contribution in [2.75, 3.05) is 20.6 Å². The van der Waals surface area contributed by atoms with E-state index in [-0.39, 0.29) is 10.6 Å². The molecule has 0 amide bonds. The van der Waals surface area contributed by atoms with Crippen molar-refractivity contribution in [1.29, 1.82) is 0 Å². The van der Waals surface area contributed by atoms with Crippen LogP contribution in [0.15, 0.2) is 22.7 Å². The Morgan fingerprint density at radius 1 is 1.38 bits per heavy atom. The molecule has 0 spiro atoms. The van der Waals surface area contributed by atoms with E-state index in [9.17, 15) is 10.1 Å². The van der Waals surface area contributed by atoms with E-state index in [2.05, 4.69) is 54.1 Å². The molecule has 1 atom stereocenters. The molecule has 0 aromatic heterocycles. The highest BCUT2D eigenvalue weighted by Crippen LogP contribution is 2.22. The average molecular weight is 358 g/mol. The highest BCUT2D eigenvalue weighted by Gasteiger charge is 2.16. The molecule has 1 N–H and O–H groups in total. The molecule has 5 nitrogen and oxygen atoms in total. The molecule has 1 rings (SSSR count). The van der Waals surface area contributed by atoms with E-state index in [1.54, 1.807) is 18.2 Å². The van der Waals surface area contributed by atoms with Gasteiger partial charge in [0.2, 0.25) is 0 Å². The first-order valence-corrected chi connectivity index (χ1v) is 7.90. The lowest BCUT2D eigenvalue weighted by Gasteiger charge is -2.26. The van der Waals surface area contributed by atoms with Gasteiger partial charge in [-0.25, -0.2) is 0 Å². The van der Waals surface area contributed by atoms with Gasteiger partial charge in [-0.3, -0.25) is 10.1 Å². The Bertz CT molecular complexity index is 478. The quantitative estimate of drug-likeness (QED) is 0.571. The van der Waals surface area contributed by atoms with Crippen molar-refractivity contribution in [2.45, 2.75) is 32.9 Å². The lowest BCUT2D eigenvalue weighted by molar-refractivity contribution is -0.385. The van der Waals surface area contributed by atoms with Gasteiger partial charge in [-0.1, -0.05) is 29.8 Å². The van der Waals surface area contributed by atoms with Gasteiger partial charge < -0.3 is 10.2 Å². The molecule has 118 valence electrons. The molecule has 0 saturated heterocycles. The lowest BCUT2D eigenvalue weighted by Crippen LogP contribution is -2.38. The fraction of sp³-hybridized carbons (Fsp3) is 0.600. The van der Waals surface area contributed by atoms with Gasteiger partial charge in [0, 0.05) is 35.2 Å². The van der Waals surface area contributed by atoms with Crippen LogP contribution in [0.5, 0.6) is 0 Å². The highest BCUT2D eigenvalue weighted by molar-refractivity contribution is 9.10. The number of nitro groups is 1. The molecule has 0 aliphatic heterocycles. The minimum atomic E-state index is -0.332. The van der Waals surface area contributed by atoms with Crippen LogP contribution in [-0.2, 0) is 6.54 Å². The fourth-order valence-electron chi connectivity index (χ4n) is 2.27. The van der Waals surface area contributed by atoms with Crippen LogP contribution in [0.1, 0.15) is 25.8 Å². The molecule has 0 aliphatic rings. The number of likely N-dealkylation sites (N-methyl/N-ethyl adjacent to an activating group) is 1. The monoisotopic (exact) mass is 357 g/mol. The second kappa shape index (κ2) is 8.46. The third kappa shape index (κ3) is 6.11. The smallest absolute Gasteiger partial charge is 0.273 e. The molecule has 1 aromatic carbocycles. The topological polar surface area (TPSA) is 58.4 Å². The fourth-order valence-corrected chi connectivity index (χ4v) is 2.68. The first-order valence-electron chi connectivity index (χ1n) is 7.11. The van der Waals surface area contributed by atoms with Crippen molar-refractivity contribution >= 4 is 21.6 Å². The number of halogens is 1. The molecule has 0 saturated carbocycles. The molecule has 0 fully saturated rings. The summed E-state index contributed by atoms with van der Waals surface area (Å²) in [5.41, 5.74) is 0.868. The number of nitro benzene ring substituents is 1. The van der Waals surface area contributed by atoms with E-state index < -0.39 is 0 Å². The summed E-state index contributed by atoms with van der Waals surface area (Å²) in [5.74, 6) is 0.624. The van der Waals surface area contributed by atoms with Crippen LogP contribution in [-0.4, -0.2) is 36.5 Å². The van der Waals surface area contributed by atoms with Crippen molar-refractivity contribution < 1.29 is 4.92 Å². The van der Waals surface area contributed by atoms with Crippen molar-refractivity contribution in [3.8, 4) is 0 Å². The molecular weight excluding hydrogens is 334 g/mol. The summed E-state index contributed by atoms with van der Waals surface area (Å²) in [6.07, 6.45) is 1.10. The number of hydrogen-bond acceptors (Lipinski definition) is 4. The Labute approximate surface area is 135 Å². The van der Waals surface area contributed by atoms with Crippen LogP contribution in [0.3, 0.4) is 0 Å². The van der Waals surface area contributed by atoms with E-state index in [1.807, 2.05) is 0 Å². The molecule has 21 heavy (non-hydrogen) atoms. The van der Waals surface area contributed by atoms with Gasteiger partial charge >= 0.3 is 0 Å². The third-order valence-electron chi connectivity index (χ3n) is 3.41. The average Bonchev–Trinajstić information content (AvgIpc) is 2.36. The van der Waals surface area contributed by atoms with Gasteiger partial charge in [-0.15, -0.1) is 0 Å². The zero-order valence-electron chi connectivity index (χ0n) is 13.1. The molecule has 0 radical (unpaired) electrons. The summed E-state index contributed by atoms with van der Waals surface area (Å²) in [6, 6.07) is 5.47. The minimum absolute atomic E-state index is 0.163. The summed E-state index contributed by atoms with van der Waals surface area (Å²) in [7, 11) is 4.13.